The minimum atomic E-state index is -0.148. The number of nitrogens with zero attached hydrogens (tertiary/aromatic N) is 1. The van der Waals surface area contributed by atoms with E-state index in [4.69, 9.17) is 5.73 Å². The fourth-order valence-electron chi connectivity index (χ4n) is 0.965. The first-order valence-corrected chi connectivity index (χ1v) is 4.51. The van der Waals surface area contributed by atoms with Crippen LogP contribution < -0.4 is 11.1 Å². The molecule has 4 nitrogen and oxygen atoms in total. The summed E-state index contributed by atoms with van der Waals surface area (Å²) in [6, 6.07) is 7.04. The lowest BCUT2D eigenvalue weighted by Crippen LogP contribution is -2.31. The van der Waals surface area contributed by atoms with Crippen LogP contribution in [0.15, 0.2) is 24.3 Å². The highest BCUT2D eigenvalue weighted by molar-refractivity contribution is 5.92. The first kappa shape index (κ1) is 10.4. The molecule has 76 valence electrons. The van der Waals surface area contributed by atoms with Crippen molar-refractivity contribution in [2.75, 3.05) is 24.6 Å². The molecule has 0 fully saturated rings. The van der Waals surface area contributed by atoms with Crippen LogP contribution >= 0.6 is 0 Å². The van der Waals surface area contributed by atoms with Crippen LogP contribution in [0.2, 0.25) is 0 Å². The first-order chi connectivity index (χ1) is 6.65. The van der Waals surface area contributed by atoms with Crippen LogP contribution in [-0.4, -0.2) is 24.5 Å². The van der Waals surface area contributed by atoms with Crippen LogP contribution in [0, 0.1) is 0 Å². The van der Waals surface area contributed by atoms with E-state index in [2.05, 4.69) is 5.32 Å². The summed E-state index contributed by atoms with van der Waals surface area (Å²) in [5.74, 6) is 0. The third kappa shape index (κ3) is 2.39. The van der Waals surface area contributed by atoms with Gasteiger partial charge in [0.05, 0.1) is 11.4 Å². The van der Waals surface area contributed by atoms with Gasteiger partial charge in [-0.2, -0.15) is 0 Å². The van der Waals surface area contributed by atoms with Gasteiger partial charge < -0.3 is 16.0 Å². The minimum absolute atomic E-state index is 0.148. The number of para-hydroxylation sites is 2. The van der Waals surface area contributed by atoms with Crippen LogP contribution in [0.5, 0.6) is 0 Å². The Bertz CT molecular complexity index is 325. The molecule has 1 rings (SSSR count). The van der Waals surface area contributed by atoms with E-state index in [0.29, 0.717) is 17.9 Å². The molecular formula is C10H15N3O. The van der Waals surface area contributed by atoms with E-state index >= 15 is 0 Å². The standard InChI is InChI=1S/C10H15N3O/c1-3-13(2)10(14)12-9-7-5-4-6-8(9)11/h4-7H,3,11H2,1-2H3,(H,12,14). The van der Waals surface area contributed by atoms with Gasteiger partial charge in [0.1, 0.15) is 0 Å². The quantitative estimate of drug-likeness (QED) is 0.703. The normalized spacial score (nSPS) is 9.57. The molecule has 14 heavy (non-hydrogen) atoms. The van der Waals surface area contributed by atoms with Gasteiger partial charge >= 0.3 is 6.03 Å². The fourth-order valence-corrected chi connectivity index (χ4v) is 0.965. The van der Waals surface area contributed by atoms with E-state index < -0.39 is 0 Å². The second kappa shape index (κ2) is 4.50. The number of carbonyl (C=O) groups is 1. The van der Waals surface area contributed by atoms with E-state index in [-0.39, 0.29) is 6.03 Å². The molecule has 0 bridgehead atoms. The Hall–Kier alpha value is -1.71. The maximum absolute atomic E-state index is 11.5. The Balaban J connectivity index is 2.70. The fraction of sp³-hybridized carbons (Fsp3) is 0.300. The summed E-state index contributed by atoms with van der Waals surface area (Å²) >= 11 is 0. The Kier molecular flexibility index (Phi) is 3.34. The summed E-state index contributed by atoms with van der Waals surface area (Å²) in [5.41, 5.74) is 6.90. The van der Waals surface area contributed by atoms with Gasteiger partial charge in [-0.05, 0) is 19.1 Å². The molecule has 1 aromatic rings. The molecule has 0 saturated heterocycles. The molecule has 0 aliphatic carbocycles. The van der Waals surface area contributed by atoms with Gasteiger partial charge in [-0.15, -0.1) is 0 Å². The molecule has 0 atom stereocenters. The van der Waals surface area contributed by atoms with Crippen LogP contribution in [0.3, 0.4) is 0 Å². The van der Waals surface area contributed by atoms with Crippen molar-refractivity contribution < 1.29 is 4.79 Å². The molecule has 0 unspecified atom stereocenters. The van der Waals surface area contributed by atoms with E-state index in [1.54, 1.807) is 24.1 Å². The maximum atomic E-state index is 11.5. The number of amides is 2. The number of nitrogens with one attached hydrogen (secondary N) is 1. The third-order valence-corrected chi connectivity index (χ3v) is 2.02. The van der Waals surface area contributed by atoms with Crippen LogP contribution in [0.25, 0.3) is 0 Å². The minimum Gasteiger partial charge on any atom is -0.397 e. The highest BCUT2D eigenvalue weighted by atomic mass is 16.2. The molecule has 3 N–H and O–H groups in total. The third-order valence-electron chi connectivity index (χ3n) is 2.02. The smallest absolute Gasteiger partial charge is 0.321 e. The molecule has 0 spiro atoms. The highest BCUT2D eigenvalue weighted by Crippen LogP contribution is 2.16. The van der Waals surface area contributed by atoms with Crippen molar-refractivity contribution in [3.63, 3.8) is 0 Å². The maximum Gasteiger partial charge on any atom is 0.321 e. The highest BCUT2D eigenvalue weighted by Gasteiger charge is 2.07. The van der Waals surface area contributed by atoms with Crippen LogP contribution in [0.1, 0.15) is 6.92 Å². The van der Waals surface area contributed by atoms with Gasteiger partial charge in [0.15, 0.2) is 0 Å². The zero-order valence-corrected chi connectivity index (χ0v) is 8.45. The largest absolute Gasteiger partial charge is 0.397 e. The van der Waals surface area contributed by atoms with E-state index in [9.17, 15) is 4.79 Å². The van der Waals surface area contributed by atoms with Gasteiger partial charge in [-0.3, -0.25) is 0 Å². The van der Waals surface area contributed by atoms with Crippen molar-refractivity contribution in [1.82, 2.24) is 4.90 Å². The molecule has 0 aliphatic heterocycles. The number of rotatable bonds is 2. The molecular weight excluding hydrogens is 178 g/mol. The summed E-state index contributed by atoms with van der Waals surface area (Å²) in [6.45, 7) is 2.58. The average Bonchev–Trinajstić information content (AvgIpc) is 2.20. The van der Waals surface area contributed by atoms with E-state index in [1.165, 1.54) is 0 Å². The predicted molar refractivity (Wildman–Crippen MR) is 58.2 cm³/mol. The van der Waals surface area contributed by atoms with Gasteiger partial charge in [0.25, 0.3) is 0 Å². The number of nitrogen functional groups attached to an aromatic ring is 1. The Morgan fingerprint density at radius 2 is 2.14 bits per heavy atom. The number of benzene rings is 1. The first-order valence-electron chi connectivity index (χ1n) is 4.51. The SMILES string of the molecule is CCN(C)C(=O)Nc1ccccc1N. The second-order valence-corrected chi connectivity index (χ2v) is 3.03. The van der Waals surface area contributed by atoms with Gasteiger partial charge in [0.2, 0.25) is 0 Å². The van der Waals surface area contributed by atoms with Crippen molar-refractivity contribution in [2.24, 2.45) is 0 Å². The summed E-state index contributed by atoms with van der Waals surface area (Å²) in [7, 11) is 1.73. The monoisotopic (exact) mass is 193 g/mol. The summed E-state index contributed by atoms with van der Waals surface area (Å²) in [4.78, 5) is 13.0. The molecule has 4 heteroatoms. The van der Waals surface area contributed by atoms with Crippen molar-refractivity contribution in [3.8, 4) is 0 Å². The van der Waals surface area contributed by atoms with E-state index in [1.807, 2.05) is 19.1 Å². The topological polar surface area (TPSA) is 58.4 Å². The molecule has 0 aromatic heterocycles. The lowest BCUT2D eigenvalue weighted by molar-refractivity contribution is 0.224. The van der Waals surface area contributed by atoms with E-state index in [0.717, 1.165) is 0 Å². The molecule has 0 aliphatic rings. The Morgan fingerprint density at radius 1 is 1.50 bits per heavy atom. The van der Waals surface area contributed by atoms with Crippen LogP contribution in [0.4, 0.5) is 16.2 Å². The average molecular weight is 193 g/mol. The molecule has 0 saturated carbocycles. The summed E-state index contributed by atoms with van der Waals surface area (Å²) in [5, 5.41) is 2.72. The summed E-state index contributed by atoms with van der Waals surface area (Å²) in [6.07, 6.45) is 0. The molecule has 2 amide bonds. The zero-order chi connectivity index (χ0) is 10.6. The number of carbonyl (C=O) groups excluding carboxylic acids is 1. The molecule has 1 aromatic carbocycles. The van der Waals surface area contributed by atoms with Crippen molar-refractivity contribution in [3.05, 3.63) is 24.3 Å². The number of urea groups is 1. The molecule has 0 radical (unpaired) electrons. The van der Waals surface area contributed by atoms with Crippen LogP contribution in [-0.2, 0) is 0 Å². The molecule has 0 heterocycles. The van der Waals surface area contributed by atoms with Gasteiger partial charge in [-0.1, -0.05) is 12.1 Å². The van der Waals surface area contributed by atoms with Crippen molar-refractivity contribution in [2.45, 2.75) is 6.92 Å². The Labute approximate surface area is 83.7 Å². The number of nitrogens with two attached hydrogens (primary N) is 1. The van der Waals surface area contributed by atoms with Crippen molar-refractivity contribution >= 4 is 17.4 Å². The lowest BCUT2D eigenvalue weighted by atomic mass is 10.3. The second-order valence-electron chi connectivity index (χ2n) is 3.03. The number of hydrogen-bond acceptors (Lipinski definition) is 2. The van der Waals surface area contributed by atoms with Crippen molar-refractivity contribution in [1.29, 1.82) is 0 Å². The number of hydrogen-bond donors (Lipinski definition) is 2. The zero-order valence-electron chi connectivity index (χ0n) is 8.45. The number of anilines is 2. The lowest BCUT2D eigenvalue weighted by Gasteiger charge is -2.16. The van der Waals surface area contributed by atoms with Gasteiger partial charge in [-0.25, -0.2) is 4.79 Å². The van der Waals surface area contributed by atoms with Gasteiger partial charge in [0, 0.05) is 13.6 Å². The Morgan fingerprint density at radius 3 is 2.71 bits per heavy atom. The predicted octanol–water partition coefficient (Wildman–Crippen LogP) is 1.75. The summed E-state index contributed by atoms with van der Waals surface area (Å²) < 4.78 is 0.